The van der Waals surface area contributed by atoms with Gasteiger partial charge in [0.2, 0.25) is 5.89 Å². The van der Waals surface area contributed by atoms with Crippen LogP contribution in [0.25, 0.3) is 11.5 Å². The largest absolute Gasteiger partial charge is 0.457 e. The van der Waals surface area contributed by atoms with E-state index >= 15 is 0 Å². The molecule has 1 aliphatic rings. The number of likely N-dealkylation sites (N-methyl/N-ethyl adjacent to an activating group) is 1. The third-order valence-electron chi connectivity index (χ3n) is 5.65. The molecule has 3 aromatic rings. The van der Waals surface area contributed by atoms with Gasteiger partial charge in [-0.05, 0) is 50.7 Å². The predicted molar refractivity (Wildman–Crippen MR) is 117 cm³/mol. The summed E-state index contributed by atoms with van der Waals surface area (Å²) in [5, 5.41) is 9.32. The lowest BCUT2D eigenvalue weighted by atomic mass is 10.1. The minimum atomic E-state index is 0.220. The molecular weight excluding hydrogens is 378 g/mol. The summed E-state index contributed by atoms with van der Waals surface area (Å²) in [6.45, 7) is 5.85. The van der Waals surface area contributed by atoms with Crippen molar-refractivity contribution in [2.45, 2.75) is 25.9 Å². The predicted octanol–water partition coefficient (Wildman–Crippen LogP) is 3.94. The molecule has 0 saturated carbocycles. The Bertz CT molecular complexity index is 957. The fraction of sp³-hybridized carbons (Fsp3) is 0.375. The molecule has 4 rings (SSSR count). The number of aryl methyl sites for hydroxylation is 1. The van der Waals surface area contributed by atoms with Crippen molar-refractivity contribution < 1.29 is 14.3 Å². The molecule has 1 aliphatic heterocycles. The van der Waals surface area contributed by atoms with Gasteiger partial charge >= 0.3 is 0 Å². The van der Waals surface area contributed by atoms with Crippen molar-refractivity contribution in [3.05, 3.63) is 66.1 Å². The molecule has 0 spiro atoms. The molecule has 1 unspecified atom stereocenters. The summed E-state index contributed by atoms with van der Waals surface area (Å²) >= 11 is 0. The van der Waals surface area contributed by atoms with Crippen LogP contribution < -0.4 is 4.74 Å². The third kappa shape index (κ3) is 4.90. The van der Waals surface area contributed by atoms with E-state index in [2.05, 4.69) is 16.8 Å². The Kier molecular flexibility index (Phi) is 6.47. The van der Waals surface area contributed by atoms with Crippen LogP contribution in [0.3, 0.4) is 0 Å². The van der Waals surface area contributed by atoms with Gasteiger partial charge < -0.3 is 19.2 Å². The summed E-state index contributed by atoms with van der Waals surface area (Å²) in [7, 11) is 2.13. The second kappa shape index (κ2) is 9.43. The Labute approximate surface area is 177 Å². The van der Waals surface area contributed by atoms with Crippen LogP contribution in [-0.4, -0.2) is 59.2 Å². The van der Waals surface area contributed by atoms with Gasteiger partial charge in [-0.25, -0.2) is 4.98 Å². The Morgan fingerprint density at radius 3 is 2.70 bits per heavy atom. The molecular formula is C24H29N3O3. The molecule has 6 nitrogen and oxygen atoms in total. The first-order chi connectivity index (χ1) is 14.6. The average molecular weight is 408 g/mol. The maximum atomic E-state index is 9.32. The van der Waals surface area contributed by atoms with Crippen LogP contribution in [0.2, 0.25) is 0 Å². The summed E-state index contributed by atoms with van der Waals surface area (Å²) in [5.74, 6) is 3.01. The van der Waals surface area contributed by atoms with Gasteiger partial charge in [0.05, 0.1) is 5.69 Å². The molecule has 0 amide bonds. The molecule has 1 saturated heterocycles. The van der Waals surface area contributed by atoms with Crippen LogP contribution >= 0.6 is 0 Å². The van der Waals surface area contributed by atoms with Gasteiger partial charge in [0.15, 0.2) is 0 Å². The number of benzene rings is 2. The number of piperazine rings is 1. The van der Waals surface area contributed by atoms with Gasteiger partial charge in [-0.3, -0.25) is 4.90 Å². The fourth-order valence-corrected chi connectivity index (χ4v) is 3.84. The van der Waals surface area contributed by atoms with E-state index in [0.29, 0.717) is 11.9 Å². The van der Waals surface area contributed by atoms with Crippen molar-refractivity contribution in [2.75, 3.05) is 33.3 Å². The average Bonchev–Trinajstić information content (AvgIpc) is 3.12. The highest BCUT2D eigenvalue weighted by Gasteiger charge is 2.25. The van der Waals surface area contributed by atoms with E-state index < -0.39 is 0 Å². The zero-order valence-electron chi connectivity index (χ0n) is 17.6. The molecule has 1 N–H and O–H groups in total. The Morgan fingerprint density at radius 2 is 1.90 bits per heavy atom. The van der Waals surface area contributed by atoms with Crippen LogP contribution in [0.4, 0.5) is 0 Å². The second-order valence-electron chi connectivity index (χ2n) is 7.85. The Balaban J connectivity index is 1.47. The molecule has 0 radical (unpaired) electrons. The number of aromatic nitrogens is 1. The van der Waals surface area contributed by atoms with Crippen LogP contribution in [0.15, 0.2) is 59.0 Å². The first kappa shape index (κ1) is 20.6. The maximum absolute atomic E-state index is 9.32. The highest BCUT2D eigenvalue weighted by Crippen LogP contribution is 2.28. The molecule has 2 heterocycles. The first-order valence-electron chi connectivity index (χ1n) is 10.5. The number of rotatable bonds is 7. The Hall–Kier alpha value is -2.67. The van der Waals surface area contributed by atoms with Gasteiger partial charge in [0.1, 0.15) is 17.3 Å². The SMILES string of the molecule is Cc1oc(-c2cccc(Oc3ccccc3)c2)nc1CN1CCN(C)C(CCO)C1. The van der Waals surface area contributed by atoms with Crippen molar-refractivity contribution in [3.63, 3.8) is 0 Å². The van der Waals surface area contributed by atoms with E-state index in [1.165, 1.54) is 0 Å². The lowest BCUT2D eigenvalue weighted by Gasteiger charge is -2.39. The number of oxazole rings is 1. The number of ether oxygens (including phenoxy) is 1. The molecule has 158 valence electrons. The summed E-state index contributed by atoms with van der Waals surface area (Å²) in [6, 6.07) is 17.9. The highest BCUT2D eigenvalue weighted by atomic mass is 16.5. The van der Waals surface area contributed by atoms with Gasteiger partial charge in [-0.2, -0.15) is 0 Å². The van der Waals surface area contributed by atoms with E-state index in [4.69, 9.17) is 14.1 Å². The standard InChI is InChI=1S/C24H29N3O3/c1-18-23(17-27-13-12-26(2)20(16-27)11-14-28)25-24(29-18)19-7-6-10-22(15-19)30-21-8-4-3-5-9-21/h3-10,15,20,28H,11-14,16-17H2,1-2H3. The number of aliphatic hydroxyl groups excluding tert-OH is 1. The molecule has 1 aromatic heterocycles. The van der Waals surface area contributed by atoms with Gasteiger partial charge in [0, 0.05) is 44.4 Å². The monoisotopic (exact) mass is 407 g/mol. The highest BCUT2D eigenvalue weighted by molar-refractivity contribution is 5.57. The summed E-state index contributed by atoms with van der Waals surface area (Å²) in [5.41, 5.74) is 1.86. The van der Waals surface area contributed by atoms with Crippen LogP contribution in [-0.2, 0) is 6.54 Å². The maximum Gasteiger partial charge on any atom is 0.226 e. The number of para-hydroxylation sites is 1. The van der Waals surface area contributed by atoms with E-state index in [9.17, 15) is 5.11 Å². The lowest BCUT2D eigenvalue weighted by Crippen LogP contribution is -2.51. The summed E-state index contributed by atoms with van der Waals surface area (Å²) in [6.07, 6.45) is 0.796. The minimum absolute atomic E-state index is 0.220. The van der Waals surface area contributed by atoms with Crippen molar-refractivity contribution in [1.29, 1.82) is 0 Å². The molecule has 6 heteroatoms. The van der Waals surface area contributed by atoms with Gasteiger partial charge in [-0.15, -0.1) is 0 Å². The third-order valence-corrected chi connectivity index (χ3v) is 5.65. The van der Waals surface area contributed by atoms with Crippen LogP contribution in [0.1, 0.15) is 17.9 Å². The molecule has 0 aliphatic carbocycles. The molecule has 1 atom stereocenters. The number of nitrogens with zero attached hydrogens (tertiary/aromatic N) is 3. The van der Waals surface area contributed by atoms with E-state index in [1.54, 1.807) is 0 Å². The van der Waals surface area contributed by atoms with E-state index in [-0.39, 0.29) is 6.61 Å². The molecule has 1 fully saturated rings. The van der Waals surface area contributed by atoms with Crippen molar-refractivity contribution >= 4 is 0 Å². The zero-order valence-corrected chi connectivity index (χ0v) is 17.6. The van der Waals surface area contributed by atoms with Crippen molar-refractivity contribution in [1.82, 2.24) is 14.8 Å². The smallest absolute Gasteiger partial charge is 0.226 e. The second-order valence-corrected chi connectivity index (χ2v) is 7.85. The lowest BCUT2D eigenvalue weighted by molar-refractivity contribution is 0.0734. The number of hydrogen-bond acceptors (Lipinski definition) is 6. The minimum Gasteiger partial charge on any atom is -0.457 e. The quantitative estimate of drug-likeness (QED) is 0.640. The molecule has 30 heavy (non-hydrogen) atoms. The van der Waals surface area contributed by atoms with E-state index in [1.807, 2.05) is 61.5 Å². The molecule has 2 aromatic carbocycles. The van der Waals surface area contributed by atoms with Gasteiger partial charge in [0.25, 0.3) is 0 Å². The Morgan fingerprint density at radius 1 is 1.10 bits per heavy atom. The van der Waals surface area contributed by atoms with Crippen LogP contribution in [0.5, 0.6) is 11.5 Å². The van der Waals surface area contributed by atoms with Crippen LogP contribution in [0, 0.1) is 6.92 Å². The number of aliphatic hydroxyl groups is 1. The molecule has 0 bridgehead atoms. The van der Waals surface area contributed by atoms with E-state index in [0.717, 1.165) is 61.1 Å². The zero-order chi connectivity index (χ0) is 20.9. The van der Waals surface area contributed by atoms with Crippen molar-refractivity contribution in [2.24, 2.45) is 0 Å². The summed E-state index contributed by atoms with van der Waals surface area (Å²) < 4.78 is 11.9. The number of hydrogen-bond donors (Lipinski definition) is 1. The van der Waals surface area contributed by atoms with Crippen molar-refractivity contribution in [3.8, 4) is 23.0 Å². The summed E-state index contributed by atoms with van der Waals surface area (Å²) in [4.78, 5) is 9.50. The first-order valence-corrected chi connectivity index (χ1v) is 10.5. The topological polar surface area (TPSA) is 62.0 Å². The normalized spacial score (nSPS) is 17.9. The van der Waals surface area contributed by atoms with Gasteiger partial charge in [-0.1, -0.05) is 24.3 Å². The fourth-order valence-electron chi connectivity index (χ4n) is 3.84.